The lowest BCUT2D eigenvalue weighted by molar-refractivity contribution is -0.139. The highest BCUT2D eigenvalue weighted by molar-refractivity contribution is 7.09. The average Bonchev–Trinajstić information content (AvgIpc) is 2.64. The van der Waals surface area contributed by atoms with Crippen molar-refractivity contribution >= 4 is 17.3 Å². The molecule has 0 fully saturated rings. The van der Waals surface area contributed by atoms with E-state index in [0.29, 0.717) is 6.54 Å². The summed E-state index contributed by atoms with van der Waals surface area (Å²) in [5, 5.41) is 5.06. The van der Waals surface area contributed by atoms with Crippen molar-refractivity contribution in [2.75, 3.05) is 20.2 Å². The lowest BCUT2D eigenvalue weighted by Crippen LogP contribution is -2.25. The van der Waals surface area contributed by atoms with Crippen LogP contribution in [0.3, 0.4) is 0 Å². The Morgan fingerprint density at radius 1 is 1.69 bits per heavy atom. The number of nitrogens with one attached hydrogen (secondary N) is 1. The molecule has 0 spiro atoms. The molecule has 1 heterocycles. The highest BCUT2D eigenvalue weighted by Crippen LogP contribution is 2.07. The molecule has 13 heavy (non-hydrogen) atoms. The van der Waals surface area contributed by atoms with Crippen LogP contribution in [0.4, 0.5) is 0 Å². The number of carbonyl (C=O) groups excluding carboxylic acids is 1. The fourth-order valence-electron chi connectivity index (χ4n) is 0.929. The zero-order valence-electron chi connectivity index (χ0n) is 7.58. The molecule has 0 unspecified atom stereocenters. The smallest absolute Gasteiger partial charge is 0.319 e. The normalized spacial score (nSPS) is 9.92. The van der Waals surface area contributed by atoms with Crippen LogP contribution in [0, 0.1) is 0 Å². The van der Waals surface area contributed by atoms with E-state index in [2.05, 4.69) is 21.5 Å². The third kappa shape index (κ3) is 4.05. The van der Waals surface area contributed by atoms with E-state index in [0.717, 1.165) is 13.0 Å². The Morgan fingerprint density at radius 2 is 2.54 bits per heavy atom. The van der Waals surface area contributed by atoms with Crippen molar-refractivity contribution in [3.8, 4) is 0 Å². The Bertz CT molecular complexity index is 246. The second kappa shape index (κ2) is 5.72. The van der Waals surface area contributed by atoms with Gasteiger partial charge in [-0.1, -0.05) is 6.07 Å². The first-order valence-electron chi connectivity index (χ1n) is 4.13. The molecule has 0 aliphatic carbocycles. The summed E-state index contributed by atoms with van der Waals surface area (Å²) < 4.78 is 4.49. The van der Waals surface area contributed by atoms with Gasteiger partial charge >= 0.3 is 5.97 Å². The summed E-state index contributed by atoms with van der Waals surface area (Å²) in [5.74, 6) is -0.217. The minimum atomic E-state index is -0.217. The predicted octanol–water partition coefficient (Wildman–Crippen LogP) is 1.05. The monoisotopic (exact) mass is 199 g/mol. The van der Waals surface area contributed by atoms with E-state index in [-0.39, 0.29) is 5.97 Å². The zero-order chi connectivity index (χ0) is 9.52. The molecular formula is C9H13NO2S. The summed E-state index contributed by atoms with van der Waals surface area (Å²) >= 11 is 1.73. The summed E-state index contributed by atoms with van der Waals surface area (Å²) in [6, 6.07) is 4.12. The Kier molecular flexibility index (Phi) is 4.49. The van der Waals surface area contributed by atoms with Gasteiger partial charge in [-0.2, -0.15) is 0 Å². The van der Waals surface area contributed by atoms with Crippen molar-refractivity contribution in [1.82, 2.24) is 5.32 Å². The molecule has 1 aromatic rings. The second-order valence-corrected chi connectivity index (χ2v) is 3.61. The van der Waals surface area contributed by atoms with E-state index in [4.69, 9.17) is 0 Å². The number of hydrogen-bond acceptors (Lipinski definition) is 4. The van der Waals surface area contributed by atoms with Gasteiger partial charge in [0.2, 0.25) is 0 Å². The van der Waals surface area contributed by atoms with Crippen molar-refractivity contribution in [2.45, 2.75) is 6.42 Å². The van der Waals surface area contributed by atoms with Crippen molar-refractivity contribution in [2.24, 2.45) is 0 Å². The van der Waals surface area contributed by atoms with Crippen LogP contribution in [0.5, 0.6) is 0 Å². The molecule has 1 aromatic heterocycles. The molecule has 3 nitrogen and oxygen atoms in total. The van der Waals surface area contributed by atoms with Gasteiger partial charge in [0.25, 0.3) is 0 Å². The molecule has 4 heteroatoms. The number of methoxy groups -OCH3 is 1. The minimum Gasteiger partial charge on any atom is -0.468 e. The molecular weight excluding hydrogens is 186 g/mol. The fourth-order valence-corrected chi connectivity index (χ4v) is 1.64. The Labute approximate surface area is 81.7 Å². The highest BCUT2D eigenvalue weighted by Gasteiger charge is 1.98. The van der Waals surface area contributed by atoms with E-state index in [9.17, 15) is 4.79 Å². The number of ether oxygens (including phenoxy) is 1. The highest BCUT2D eigenvalue weighted by atomic mass is 32.1. The van der Waals surface area contributed by atoms with Crippen LogP contribution in [-0.4, -0.2) is 26.2 Å². The van der Waals surface area contributed by atoms with Crippen LogP contribution in [-0.2, 0) is 16.0 Å². The Hall–Kier alpha value is -0.870. The molecule has 0 aromatic carbocycles. The second-order valence-electron chi connectivity index (χ2n) is 2.58. The maximum atomic E-state index is 10.7. The van der Waals surface area contributed by atoms with Crippen molar-refractivity contribution < 1.29 is 9.53 Å². The molecule has 0 radical (unpaired) electrons. The number of esters is 1. The number of carbonyl (C=O) groups is 1. The molecule has 72 valence electrons. The lowest BCUT2D eigenvalue weighted by atomic mass is 10.3. The topological polar surface area (TPSA) is 38.3 Å². The molecule has 1 rings (SSSR count). The largest absolute Gasteiger partial charge is 0.468 e. The van der Waals surface area contributed by atoms with Gasteiger partial charge in [0.15, 0.2) is 0 Å². The average molecular weight is 199 g/mol. The van der Waals surface area contributed by atoms with Gasteiger partial charge in [0, 0.05) is 11.4 Å². The summed E-state index contributed by atoms with van der Waals surface area (Å²) in [6.45, 7) is 1.11. The summed E-state index contributed by atoms with van der Waals surface area (Å²) in [5.41, 5.74) is 0. The van der Waals surface area contributed by atoms with Crippen LogP contribution in [0.15, 0.2) is 17.5 Å². The van der Waals surface area contributed by atoms with Crippen LogP contribution in [0.1, 0.15) is 4.88 Å². The van der Waals surface area contributed by atoms with E-state index in [1.54, 1.807) is 11.3 Å². The molecule has 0 bridgehead atoms. The van der Waals surface area contributed by atoms with Gasteiger partial charge in [-0.25, -0.2) is 0 Å². The van der Waals surface area contributed by atoms with Crippen LogP contribution < -0.4 is 5.32 Å². The molecule has 0 aliphatic rings. The molecule has 0 saturated heterocycles. The third-order valence-electron chi connectivity index (χ3n) is 1.63. The van der Waals surface area contributed by atoms with Gasteiger partial charge in [-0.05, 0) is 17.9 Å². The van der Waals surface area contributed by atoms with Crippen molar-refractivity contribution in [1.29, 1.82) is 0 Å². The first kappa shape index (κ1) is 10.2. The number of hydrogen-bond donors (Lipinski definition) is 1. The summed E-state index contributed by atoms with van der Waals surface area (Å²) in [6.07, 6.45) is 0.967. The lowest BCUT2D eigenvalue weighted by Gasteiger charge is -2.01. The zero-order valence-corrected chi connectivity index (χ0v) is 8.39. The van der Waals surface area contributed by atoms with Crippen LogP contribution in [0.25, 0.3) is 0 Å². The van der Waals surface area contributed by atoms with E-state index < -0.39 is 0 Å². The Balaban J connectivity index is 2.05. The summed E-state index contributed by atoms with van der Waals surface area (Å²) in [7, 11) is 1.39. The maximum absolute atomic E-state index is 10.7. The van der Waals surface area contributed by atoms with E-state index in [1.807, 2.05) is 6.07 Å². The van der Waals surface area contributed by atoms with E-state index in [1.165, 1.54) is 12.0 Å². The number of rotatable bonds is 5. The molecule has 0 saturated carbocycles. The molecule has 1 N–H and O–H groups in total. The van der Waals surface area contributed by atoms with Crippen molar-refractivity contribution in [3.63, 3.8) is 0 Å². The molecule has 0 amide bonds. The van der Waals surface area contributed by atoms with E-state index >= 15 is 0 Å². The van der Waals surface area contributed by atoms with Crippen LogP contribution in [0.2, 0.25) is 0 Å². The standard InChI is InChI=1S/C9H13NO2S/c1-12-9(11)7-10-5-4-8-3-2-6-13-8/h2-3,6,10H,4-5,7H2,1H3. The number of thiophene rings is 1. The minimum absolute atomic E-state index is 0.217. The SMILES string of the molecule is COC(=O)CNCCc1cccs1. The fraction of sp³-hybridized carbons (Fsp3) is 0.444. The van der Waals surface area contributed by atoms with Gasteiger partial charge in [-0.3, -0.25) is 4.79 Å². The molecule has 0 aliphatic heterocycles. The van der Waals surface area contributed by atoms with Gasteiger partial charge < -0.3 is 10.1 Å². The first-order valence-corrected chi connectivity index (χ1v) is 5.01. The third-order valence-corrected chi connectivity index (χ3v) is 2.56. The van der Waals surface area contributed by atoms with Crippen molar-refractivity contribution in [3.05, 3.63) is 22.4 Å². The quantitative estimate of drug-likeness (QED) is 0.569. The first-order chi connectivity index (χ1) is 6.33. The van der Waals surface area contributed by atoms with Gasteiger partial charge in [-0.15, -0.1) is 11.3 Å². The molecule has 0 atom stereocenters. The van der Waals surface area contributed by atoms with Gasteiger partial charge in [0.1, 0.15) is 0 Å². The predicted molar refractivity (Wildman–Crippen MR) is 52.9 cm³/mol. The Morgan fingerprint density at radius 3 is 3.15 bits per heavy atom. The van der Waals surface area contributed by atoms with Crippen LogP contribution >= 0.6 is 11.3 Å². The van der Waals surface area contributed by atoms with Gasteiger partial charge in [0.05, 0.1) is 13.7 Å². The summed E-state index contributed by atoms with van der Waals surface area (Å²) in [4.78, 5) is 12.0. The maximum Gasteiger partial charge on any atom is 0.319 e.